The van der Waals surface area contributed by atoms with Crippen LogP contribution in [0, 0.1) is 0 Å². The molecular formula is C24H26ClNO2S2. The van der Waals surface area contributed by atoms with Crippen molar-refractivity contribution in [3.63, 3.8) is 0 Å². The van der Waals surface area contributed by atoms with Gasteiger partial charge in [-0.25, -0.2) is 0 Å². The van der Waals surface area contributed by atoms with Gasteiger partial charge in [0.15, 0.2) is 4.32 Å². The topological polar surface area (TPSA) is 29.5 Å². The number of thioether (sulfide) groups is 1. The molecule has 158 valence electrons. The number of anilines is 1. The highest BCUT2D eigenvalue weighted by Crippen LogP contribution is 2.36. The second kappa shape index (κ2) is 11.5. The summed E-state index contributed by atoms with van der Waals surface area (Å²) in [4.78, 5) is 15.0. The Hall–Kier alpha value is -1.82. The summed E-state index contributed by atoms with van der Waals surface area (Å²) in [6.07, 6.45) is 9.34. The minimum atomic E-state index is -0.129. The van der Waals surface area contributed by atoms with Gasteiger partial charge in [0.1, 0.15) is 5.75 Å². The lowest BCUT2D eigenvalue weighted by Crippen LogP contribution is -2.27. The first-order valence-corrected chi connectivity index (χ1v) is 11.9. The SMILES string of the molecule is CCCCCCCCOc1ccc(/C=C2\SC(=S)N(c3cccc(Cl)c3)C2=O)cc1. The van der Waals surface area contributed by atoms with Crippen LogP contribution in [0.1, 0.15) is 51.0 Å². The second-order valence-electron chi connectivity index (χ2n) is 7.18. The largest absolute Gasteiger partial charge is 0.494 e. The summed E-state index contributed by atoms with van der Waals surface area (Å²) in [6.45, 7) is 2.97. The molecule has 1 amide bonds. The Kier molecular flexibility index (Phi) is 8.79. The number of nitrogens with zero attached hydrogens (tertiary/aromatic N) is 1. The Morgan fingerprint density at radius 3 is 2.53 bits per heavy atom. The molecule has 2 aromatic carbocycles. The standard InChI is InChI=1S/C24H26ClNO2S2/c1-2-3-4-5-6-7-15-28-21-13-11-18(12-14-21)16-22-23(27)26(24(29)30-22)20-10-8-9-19(25)17-20/h8-14,16-17H,2-7,15H2,1H3/b22-16-. The molecule has 6 heteroatoms. The third-order valence-electron chi connectivity index (χ3n) is 4.80. The summed E-state index contributed by atoms with van der Waals surface area (Å²) in [6, 6.07) is 15.0. The molecule has 0 aromatic heterocycles. The number of halogens is 1. The number of ether oxygens (including phenoxy) is 1. The number of hydrogen-bond donors (Lipinski definition) is 0. The van der Waals surface area contributed by atoms with Crippen molar-refractivity contribution < 1.29 is 9.53 Å². The number of carbonyl (C=O) groups excluding carboxylic acids is 1. The fourth-order valence-electron chi connectivity index (χ4n) is 3.19. The Morgan fingerprint density at radius 2 is 1.80 bits per heavy atom. The molecule has 1 fully saturated rings. The Morgan fingerprint density at radius 1 is 1.07 bits per heavy atom. The van der Waals surface area contributed by atoms with Crippen LogP contribution in [0.5, 0.6) is 5.75 Å². The molecule has 1 aliphatic heterocycles. The molecule has 2 aromatic rings. The minimum Gasteiger partial charge on any atom is -0.494 e. The molecule has 1 aliphatic rings. The van der Waals surface area contributed by atoms with E-state index in [1.54, 1.807) is 12.1 Å². The van der Waals surface area contributed by atoms with Crippen molar-refractivity contribution in [2.75, 3.05) is 11.5 Å². The number of unbranched alkanes of at least 4 members (excludes halogenated alkanes) is 5. The lowest BCUT2D eigenvalue weighted by molar-refractivity contribution is -0.113. The molecule has 0 saturated carbocycles. The first-order chi connectivity index (χ1) is 14.6. The smallest absolute Gasteiger partial charge is 0.270 e. The summed E-state index contributed by atoms with van der Waals surface area (Å²) in [7, 11) is 0. The molecule has 3 rings (SSSR count). The number of hydrogen-bond acceptors (Lipinski definition) is 4. The van der Waals surface area contributed by atoms with E-state index < -0.39 is 0 Å². The number of carbonyl (C=O) groups is 1. The Balaban J connectivity index is 1.55. The van der Waals surface area contributed by atoms with E-state index in [0.717, 1.165) is 24.3 Å². The van der Waals surface area contributed by atoms with E-state index >= 15 is 0 Å². The normalized spacial score (nSPS) is 15.3. The molecular weight excluding hydrogens is 434 g/mol. The molecule has 0 unspecified atom stereocenters. The summed E-state index contributed by atoms with van der Waals surface area (Å²) in [5.41, 5.74) is 1.63. The molecule has 0 atom stereocenters. The highest BCUT2D eigenvalue weighted by Gasteiger charge is 2.33. The summed E-state index contributed by atoms with van der Waals surface area (Å²) in [5, 5.41) is 0.571. The first kappa shape index (κ1) is 22.9. The van der Waals surface area contributed by atoms with Gasteiger partial charge in [0.25, 0.3) is 5.91 Å². The first-order valence-electron chi connectivity index (χ1n) is 10.3. The number of rotatable bonds is 10. The molecule has 0 spiro atoms. The van der Waals surface area contributed by atoms with Crippen LogP contribution in [0.3, 0.4) is 0 Å². The van der Waals surface area contributed by atoms with Crippen LogP contribution in [0.2, 0.25) is 5.02 Å². The zero-order chi connectivity index (χ0) is 21.3. The van der Waals surface area contributed by atoms with Gasteiger partial charge < -0.3 is 4.74 Å². The van der Waals surface area contributed by atoms with Gasteiger partial charge in [-0.15, -0.1) is 0 Å². The summed E-state index contributed by atoms with van der Waals surface area (Å²) in [5.74, 6) is 0.725. The van der Waals surface area contributed by atoms with E-state index in [4.69, 9.17) is 28.6 Å². The predicted octanol–water partition coefficient (Wildman–Crippen LogP) is 7.49. The zero-order valence-corrected chi connectivity index (χ0v) is 19.5. The molecule has 0 N–H and O–H groups in total. The quantitative estimate of drug-likeness (QED) is 0.209. The van der Waals surface area contributed by atoms with Gasteiger partial charge in [-0.1, -0.05) is 92.8 Å². The molecule has 3 nitrogen and oxygen atoms in total. The average Bonchev–Trinajstić information content (AvgIpc) is 3.01. The average molecular weight is 460 g/mol. The van der Waals surface area contributed by atoms with E-state index in [9.17, 15) is 4.79 Å². The molecule has 1 saturated heterocycles. The third-order valence-corrected chi connectivity index (χ3v) is 6.34. The molecule has 0 radical (unpaired) electrons. The van der Waals surface area contributed by atoms with Crippen LogP contribution < -0.4 is 9.64 Å². The van der Waals surface area contributed by atoms with Gasteiger partial charge in [0.05, 0.1) is 17.2 Å². The van der Waals surface area contributed by atoms with Crippen molar-refractivity contribution in [3.05, 3.63) is 64.0 Å². The van der Waals surface area contributed by atoms with Crippen molar-refractivity contribution in [2.45, 2.75) is 45.4 Å². The van der Waals surface area contributed by atoms with Crippen molar-refractivity contribution in [3.8, 4) is 5.75 Å². The maximum atomic E-state index is 12.8. The Bertz CT molecular complexity index is 912. The monoisotopic (exact) mass is 459 g/mol. The number of thiocarbonyl (C=S) groups is 1. The molecule has 0 aliphatic carbocycles. The van der Waals surface area contributed by atoms with Crippen molar-refractivity contribution in [2.24, 2.45) is 0 Å². The molecule has 1 heterocycles. The predicted molar refractivity (Wildman–Crippen MR) is 132 cm³/mol. The Labute approximate surface area is 193 Å². The lowest BCUT2D eigenvalue weighted by Gasteiger charge is -2.14. The van der Waals surface area contributed by atoms with Crippen molar-refractivity contribution in [1.82, 2.24) is 0 Å². The van der Waals surface area contributed by atoms with E-state index in [1.165, 1.54) is 48.8 Å². The van der Waals surface area contributed by atoms with Crippen LogP contribution >= 0.6 is 35.6 Å². The number of benzene rings is 2. The zero-order valence-electron chi connectivity index (χ0n) is 17.1. The van der Waals surface area contributed by atoms with Gasteiger partial charge in [0.2, 0.25) is 0 Å². The van der Waals surface area contributed by atoms with Gasteiger partial charge in [-0.2, -0.15) is 0 Å². The fourth-order valence-corrected chi connectivity index (χ4v) is 4.67. The third kappa shape index (κ3) is 6.34. The number of amides is 1. The van der Waals surface area contributed by atoms with Crippen LogP contribution in [0.4, 0.5) is 5.69 Å². The highest BCUT2D eigenvalue weighted by atomic mass is 35.5. The summed E-state index contributed by atoms with van der Waals surface area (Å²) >= 11 is 12.8. The minimum absolute atomic E-state index is 0.129. The van der Waals surface area contributed by atoms with E-state index in [2.05, 4.69) is 6.92 Å². The van der Waals surface area contributed by atoms with Crippen molar-refractivity contribution in [1.29, 1.82) is 0 Å². The van der Waals surface area contributed by atoms with Gasteiger partial charge >= 0.3 is 0 Å². The summed E-state index contributed by atoms with van der Waals surface area (Å²) < 4.78 is 6.33. The van der Waals surface area contributed by atoms with Crippen LogP contribution in [-0.4, -0.2) is 16.8 Å². The van der Waals surface area contributed by atoms with Gasteiger partial charge in [0, 0.05) is 5.02 Å². The second-order valence-corrected chi connectivity index (χ2v) is 9.29. The lowest BCUT2D eigenvalue weighted by atomic mass is 10.1. The maximum absolute atomic E-state index is 12.8. The van der Waals surface area contributed by atoms with E-state index in [0.29, 0.717) is 19.9 Å². The highest BCUT2D eigenvalue weighted by molar-refractivity contribution is 8.27. The van der Waals surface area contributed by atoms with Crippen LogP contribution in [-0.2, 0) is 4.79 Å². The van der Waals surface area contributed by atoms with E-state index in [-0.39, 0.29) is 5.91 Å². The molecule has 30 heavy (non-hydrogen) atoms. The van der Waals surface area contributed by atoms with Gasteiger partial charge in [-0.05, 0) is 48.4 Å². The molecule has 0 bridgehead atoms. The van der Waals surface area contributed by atoms with Crippen LogP contribution in [0.25, 0.3) is 6.08 Å². The van der Waals surface area contributed by atoms with Gasteiger partial charge in [-0.3, -0.25) is 9.69 Å². The maximum Gasteiger partial charge on any atom is 0.270 e. The van der Waals surface area contributed by atoms with E-state index in [1.807, 2.05) is 42.5 Å². The van der Waals surface area contributed by atoms with Crippen molar-refractivity contribution >= 4 is 57.6 Å². The van der Waals surface area contributed by atoms with Crippen LogP contribution in [0.15, 0.2) is 53.4 Å². The fraction of sp³-hybridized carbons (Fsp3) is 0.333.